The van der Waals surface area contributed by atoms with E-state index in [0.717, 1.165) is 44.2 Å². The highest BCUT2D eigenvalue weighted by Crippen LogP contribution is 2.40. The maximum Gasteiger partial charge on any atom is 0.310 e. The number of Topliss-reactive ketones (excluding diaryl/α,β-unsaturated/α-hetero) is 1. The number of halogens is 1. The van der Waals surface area contributed by atoms with Crippen LogP contribution in [0, 0.1) is 17.7 Å². The zero-order chi connectivity index (χ0) is 25.7. The topological polar surface area (TPSA) is 66.9 Å². The molecule has 0 radical (unpaired) electrons. The van der Waals surface area contributed by atoms with Gasteiger partial charge in [-0.1, -0.05) is 36.0 Å². The Hall–Kier alpha value is -2.03. The quantitative estimate of drug-likeness (QED) is 0.356. The van der Waals surface area contributed by atoms with Gasteiger partial charge in [-0.2, -0.15) is 0 Å². The second-order valence-corrected chi connectivity index (χ2v) is 11.5. The van der Waals surface area contributed by atoms with Gasteiger partial charge in [0.15, 0.2) is 10.9 Å². The lowest BCUT2D eigenvalue weighted by atomic mass is 9.93. The number of carbonyl (C=O) groups excluding carboxylic acids is 3. The molecule has 3 fully saturated rings. The first-order valence-electron chi connectivity index (χ1n) is 13.1. The van der Waals surface area contributed by atoms with E-state index in [1.165, 1.54) is 17.8 Å². The van der Waals surface area contributed by atoms with Crippen LogP contribution in [0.2, 0.25) is 0 Å². The summed E-state index contributed by atoms with van der Waals surface area (Å²) in [6.07, 6.45) is 6.43. The third-order valence-electron chi connectivity index (χ3n) is 7.34. The Morgan fingerprint density at radius 3 is 2.61 bits per heavy atom. The van der Waals surface area contributed by atoms with Gasteiger partial charge in [-0.05, 0) is 57.2 Å². The van der Waals surface area contributed by atoms with Gasteiger partial charge < -0.3 is 4.74 Å². The van der Waals surface area contributed by atoms with Gasteiger partial charge in [-0.15, -0.1) is 0 Å². The minimum atomic E-state index is -0.603. The van der Waals surface area contributed by atoms with E-state index in [-0.39, 0.29) is 39.8 Å². The summed E-state index contributed by atoms with van der Waals surface area (Å²) in [4.78, 5) is 41.9. The number of likely N-dealkylation sites (tertiary alicyclic amines) is 2. The molecule has 0 bridgehead atoms. The van der Waals surface area contributed by atoms with Crippen molar-refractivity contribution in [1.29, 1.82) is 0 Å². The van der Waals surface area contributed by atoms with Crippen molar-refractivity contribution in [3.8, 4) is 0 Å². The van der Waals surface area contributed by atoms with Crippen LogP contribution in [0.5, 0.6) is 0 Å². The predicted molar refractivity (Wildman–Crippen MR) is 139 cm³/mol. The molecule has 8 heteroatoms. The highest BCUT2D eigenvalue weighted by Gasteiger charge is 2.41. The minimum Gasteiger partial charge on any atom is -0.466 e. The molecule has 1 aromatic carbocycles. The Kier molecular flexibility index (Phi) is 9.36. The Morgan fingerprint density at radius 1 is 1.14 bits per heavy atom. The first-order valence-corrected chi connectivity index (χ1v) is 14.0. The van der Waals surface area contributed by atoms with E-state index in [1.807, 2.05) is 6.92 Å². The number of ketones is 1. The summed E-state index contributed by atoms with van der Waals surface area (Å²) >= 11 is 1.34. The summed E-state index contributed by atoms with van der Waals surface area (Å²) in [5.74, 6) is -0.468. The van der Waals surface area contributed by atoms with Crippen LogP contribution in [0.15, 0.2) is 35.9 Å². The lowest BCUT2D eigenvalue weighted by Crippen LogP contribution is -2.44. The van der Waals surface area contributed by atoms with Crippen molar-refractivity contribution in [3.05, 3.63) is 47.3 Å². The molecule has 3 atom stereocenters. The number of thioether (sulfide) groups is 1. The van der Waals surface area contributed by atoms with E-state index in [2.05, 4.69) is 15.9 Å². The summed E-state index contributed by atoms with van der Waals surface area (Å²) in [5, 5.41) is 0.112. The molecule has 1 aromatic rings. The number of hydrogen-bond acceptors (Lipinski definition) is 7. The maximum absolute atomic E-state index is 14.8. The fraction of sp³-hybridized carbons (Fsp3) is 0.607. The standard InChI is InChI=1S/C28H37FN2O4S/c1-3-35-28(34)22-7-6-14-30(17-22)15-12-21-18-31(16-13-25(21)36-19(2)32)26(27(33)20-10-11-20)23-8-4-5-9-24(23)29/h4-5,8-9,12,20,22,25-26H,3,6-7,10-11,13-18H2,1-2H3. The lowest BCUT2D eigenvalue weighted by Gasteiger charge is -2.39. The number of esters is 1. The molecule has 0 amide bonds. The molecule has 196 valence electrons. The van der Waals surface area contributed by atoms with Crippen LogP contribution < -0.4 is 0 Å². The Bertz CT molecular complexity index is 996. The van der Waals surface area contributed by atoms with Crippen molar-refractivity contribution in [1.82, 2.24) is 9.80 Å². The van der Waals surface area contributed by atoms with E-state index in [4.69, 9.17) is 4.74 Å². The first kappa shape index (κ1) is 27.0. The van der Waals surface area contributed by atoms with Crippen LogP contribution in [0.25, 0.3) is 0 Å². The number of carbonyl (C=O) groups is 3. The number of benzene rings is 1. The monoisotopic (exact) mass is 516 g/mol. The highest BCUT2D eigenvalue weighted by molar-refractivity contribution is 8.14. The number of piperidine rings is 2. The van der Waals surface area contributed by atoms with Crippen molar-refractivity contribution in [2.45, 2.75) is 57.2 Å². The van der Waals surface area contributed by atoms with Crippen LogP contribution in [-0.2, 0) is 19.1 Å². The normalized spacial score (nSPS) is 25.5. The average molecular weight is 517 g/mol. The zero-order valence-corrected chi connectivity index (χ0v) is 22.1. The summed E-state index contributed by atoms with van der Waals surface area (Å²) < 4.78 is 20.1. The molecule has 3 unspecified atom stereocenters. The van der Waals surface area contributed by atoms with Crippen LogP contribution in [0.3, 0.4) is 0 Å². The summed E-state index contributed by atoms with van der Waals surface area (Å²) in [6, 6.07) is 5.99. The lowest BCUT2D eigenvalue weighted by molar-refractivity contribution is -0.149. The number of ether oxygens (including phenoxy) is 1. The molecule has 1 aliphatic carbocycles. The van der Waals surface area contributed by atoms with E-state index in [1.54, 1.807) is 25.1 Å². The molecule has 2 saturated heterocycles. The molecular formula is C28H37FN2O4S. The van der Waals surface area contributed by atoms with Crippen LogP contribution in [0.1, 0.15) is 57.6 Å². The predicted octanol–water partition coefficient (Wildman–Crippen LogP) is 4.40. The zero-order valence-electron chi connectivity index (χ0n) is 21.3. The highest BCUT2D eigenvalue weighted by atomic mass is 32.2. The summed E-state index contributed by atoms with van der Waals surface area (Å²) in [7, 11) is 0. The SMILES string of the molecule is CCOC(=O)C1CCCN(CC=C2CN(C(C(=O)C3CC3)c3ccccc3F)CCC2SC(C)=O)C1. The average Bonchev–Trinajstić information content (AvgIpc) is 3.71. The molecule has 6 nitrogen and oxygen atoms in total. The molecular weight excluding hydrogens is 479 g/mol. The molecule has 0 spiro atoms. The van der Waals surface area contributed by atoms with Gasteiger partial charge >= 0.3 is 5.97 Å². The van der Waals surface area contributed by atoms with Crippen LogP contribution in [0.4, 0.5) is 4.39 Å². The maximum atomic E-state index is 14.8. The van der Waals surface area contributed by atoms with Crippen LogP contribution >= 0.6 is 11.8 Å². The van der Waals surface area contributed by atoms with Crippen molar-refractivity contribution < 1.29 is 23.5 Å². The third kappa shape index (κ3) is 6.84. The fourth-order valence-electron chi connectivity index (χ4n) is 5.37. The van der Waals surface area contributed by atoms with E-state index in [9.17, 15) is 18.8 Å². The summed E-state index contributed by atoms with van der Waals surface area (Å²) in [6.45, 7) is 7.21. The van der Waals surface area contributed by atoms with Gasteiger partial charge in [0.1, 0.15) is 5.82 Å². The van der Waals surface area contributed by atoms with Gasteiger partial charge in [-0.25, -0.2) is 4.39 Å². The molecule has 3 aliphatic rings. The Balaban J connectivity index is 1.52. The fourth-order valence-corrected chi connectivity index (χ4v) is 6.32. The number of nitrogens with zero attached hydrogens (tertiary/aromatic N) is 2. The van der Waals surface area contributed by atoms with Crippen molar-refractivity contribution in [2.24, 2.45) is 11.8 Å². The van der Waals surface area contributed by atoms with Gasteiger partial charge in [-0.3, -0.25) is 24.2 Å². The molecule has 36 heavy (non-hydrogen) atoms. The number of hydrogen-bond donors (Lipinski definition) is 0. The minimum absolute atomic E-state index is 0.0134. The molecule has 2 aliphatic heterocycles. The molecule has 4 rings (SSSR count). The molecule has 0 aromatic heterocycles. The van der Waals surface area contributed by atoms with Crippen LogP contribution in [-0.4, -0.2) is 71.2 Å². The molecule has 0 N–H and O–H groups in total. The van der Waals surface area contributed by atoms with Gasteiger partial charge in [0.05, 0.1) is 18.6 Å². The Labute approximate surface area is 217 Å². The van der Waals surface area contributed by atoms with Gasteiger partial charge in [0.2, 0.25) is 0 Å². The Morgan fingerprint density at radius 2 is 1.92 bits per heavy atom. The number of rotatable bonds is 9. The van der Waals surface area contributed by atoms with Crippen molar-refractivity contribution in [3.63, 3.8) is 0 Å². The summed E-state index contributed by atoms with van der Waals surface area (Å²) in [5.41, 5.74) is 1.55. The second-order valence-electron chi connectivity index (χ2n) is 10.1. The van der Waals surface area contributed by atoms with Gasteiger partial charge in [0, 0.05) is 49.8 Å². The van der Waals surface area contributed by atoms with E-state index < -0.39 is 6.04 Å². The molecule has 2 heterocycles. The van der Waals surface area contributed by atoms with Gasteiger partial charge in [0.25, 0.3) is 0 Å². The first-order chi connectivity index (χ1) is 17.4. The van der Waals surface area contributed by atoms with Crippen molar-refractivity contribution in [2.75, 3.05) is 39.3 Å². The third-order valence-corrected chi connectivity index (χ3v) is 8.49. The molecule has 1 saturated carbocycles. The van der Waals surface area contributed by atoms with Crippen molar-refractivity contribution >= 4 is 28.6 Å². The van der Waals surface area contributed by atoms with E-state index >= 15 is 0 Å². The smallest absolute Gasteiger partial charge is 0.310 e. The largest absolute Gasteiger partial charge is 0.466 e. The van der Waals surface area contributed by atoms with E-state index in [0.29, 0.717) is 38.3 Å². The second kappa shape index (κ2) is 12.5.